The summed E-state index contributed by atoms with van der Waals surface area (Å²) >= 11 is 0. The fourth-order valence-corrected chi connectivity index (χ4v) is 5.49. The van der Waals surface area contributed by atoms with Gasteiger partial charge in [-0.05, 0) is 77.9 Å². The maximum Gasteiger partial charge on any atom is 0.164 e. The summed E-state index contributed by atoms with van der Waals surface area (Å²) in [6.45, 7) is 10.0. The SMILES string of the molecule is C=CC(=N)c1ccc(-c2cc(-c3ccc(/C(N)=C/CCC)cc3)cc(-c3nc(-c4ccc(C)cc4)nc(-c4ccc(C)cc4)n3)c2)cc1. The molecule has 0 radical (unpaired) electrons. The molecule has 0 saturated heterocycles. The summed E-state index contributed by atoms with van der Waals surface area (Å²) in [5.41, 5.74) is 18.6. The van der Waals surface area contributed by atoms with Crippen molar-refractivity contribution in [1.29, 1.82) is 5.41 Å². The Morgan fingerprint density at radius 1 is 0.583 bits per heavy atom. The Labute approximate surface area is 283 Å². The summed E-state index contributed by atoms with van der Waals surface area (Å²) in [5.74, 6) is 1.83. The highest BCUT2D eigenvalue weighted by Crippen LogP contribution is 2.34. The first-order valence-electron chi connectivity index (χ1n) is 16.2. The topological polar surface area (TPSA) is 88.5 Å². The average molecular weight is 626 g/mol. The molecule has 6 aromatic rings. The molecule has 6 rings (SSSR count). The molecule has 0 aliphatic heterocycles. The number of nitrogens with one attached hydrogen (secondary N) is 1. The van der Waals surface area contributed by atoms with Crippen LogP contribution in [0.5, 0.6) is 0 Å². The van der Waals surface area contributed by atoms with E-state index in [9.17, 15) is 0 Å². The molecule has 0 spiro atoms. The number of unbranched alkanes of at least 4 members (excludes halogenated alkanes) is 1. The molecular formula is C43H39N5. The van der Waals surface area contributed by atoms with Gasteiger partial charge in [-0.2, -0.15) is 0 Å². The molecule has 1 aromatic heterocycles. The Kier molecular flexibility index (Phi) is 9.49. The number of benzene rings is 5. The summed E-state index contributed by atoms with van der Waals surface area (Å²) < 4.78 is 0. The van der Waals surface area contributed by atoms with E-state index in [1.54, 1.807) is 6.08 Å². The average Bonchev–Trinajstić information content (AvgIpc) is 3.14. The van der Waals surface area contributed by atoms with Crippen molar-refractivity contribution >= 4 is 11.4 Å². The standard InChI is InChI=1S/C43H39N5/c1-5-7-8-40(45)33-23-19-31(20-24-33)37-25-36(30-17-21-32(22-18-30)39(44)6-2)26-38(27-37)43-47-41(34-13-9-28(3)10-14-34)46-42(48-43)35-15-11-29(4)12-16-35/h6,8-27,44H,2,5,7,45H2,1,3-4H3/b40-8-,44-39?. The second-order valence-corrected chi connectivity index (χ2v) is 12.1. The normalized spacial score (nSPS) is 11.4. The van der Waals surface area contributed by atoms with Gasteiger partial charge in [0.15, 0.2) is 17.5 Å². The maximum absolute atomic E-state index is 8.18. The van der Waals surface area contributed by atoms with Crippen molar-refractivity contribution in [3.8, 4) is 56.4 Å². The van der Waals surface area contributed by atoms with E-state index in [1.165, 1.54) is 11.1 Å². The van der Waals surface area contributed by atoms with E-state index in [4.69, 9.17) is 26.1 Å². The summed E-state index contributed by atoms with van der Waals surface area (Å²) in [6.07, 6.45) is 5.64. The van der Waals surface area contributed by atoms with Gasteiger partial charge < -0.3 is 11.1 Å². The number of hydrogen-bond donors (Lipinski definition) is 2. The van der Waals surface area contributed by atoms with Gasteiger partial charge in [-0.1, -0.05) is 134 Å². The number of aryl methyl sites for hydroxylation is 2. The van der Waals surface area contributed by atoms with Crippen molar-refractivity contribution in [3.05, 3.63) is 156 Å². The van der Waals surface area contributed by atoms with Crippen LogP contribution in [0, 0.1) is 19.3 Å². The Morgan fingerprint density at radius 2 is 0.979 bits per heavy atom. The third-order valence-electron chi connectivity index (χ3n) is 8.38. The van der Waals surface area contributed by atoms with Gasteiger partial charge in [-0.3, -0.25) is 0 Å². The van der Waals surface area contributed by atoms with E-state index < -0.39 is 0 Å². The second-order valence-electron chi connectivity index (χ2n) is 12.1. The second kappa shape index (κ2) is 14.2. The van der Waals surface area contributed by atoms with Crippen molar-refractivity contribution in [2.45, 2.75) is 33.6 Å². The van der Waals surface area contributed by atoms with E-state index in [0.29, 0.717) is 23.2 Å². The molecule has 1 heterocycles. The van der Waals surface area contributed by atoms with Crippen LogP contribution in [-0.4, -0.2) is 20.7 Å². The van der Waals surface area contributed by atoms with Crippen LogP contribution in [0.2, 0.25) is 0 Å². The Bertz CT molecular complexity index is 2040. The minimum absolute atomic E-state index is 0.390. The van der Waals surface area contributed by atoms with Gasteiger partial charge in [0.05, 0.1) is 5.71 Å². The van der Waals surface area contributed by atoms with Crippen LogP contribution < -0.4 is 5.73 Å². The predicted octanol–water partition coefficient (Wildman–Crippen LogP) is 10.5. The number of aromatic nitrogens is 3. The fraction of sp³-hybridized carbons (Fsp3) is 0.116. The lowest BCUT2D eigenvalue weighted by Crippen LogP contribution is -2.01. The first kappa shape index (κ1) is 32.0. The molecular weight excluding hydrogens is 587 g/mol. The molecule has 0 bridgehead atoms. The van der Waals surface area contributed by atoms with Crippen LogP contribution in [-0.2, 0) is 0 Å². The van der Waals surface area contributed by atoms with Crippen LogP contribution in [0.25, 0.3) is 62.1 Å². The first-order valence-corrected chi connectivity index (χ1v) is 16.2. The lowest BCUT2D eigenvalue weighted by atomic mass is 9.94. The Balaban J connectivity index is 1.52. The smallest absolute Gasteiger partial charge is 0.164 e. The minimum atomic E-state index is 0.390. The number of nitrogens with two attached hydrogens (primary N) is 1. The highest BCUT2D eigenvalue weighted by molar-refractivity contribution is 6.06. The van der Waals surface area contributed by atoms with Crippen molar-refractivity contribution in [2.75, 3.05) is 0 Å². The molecule has 236 valence electrons. The Hall–Kier alpha value is -5.94. The van der Waals surface area contributed by atoms with E-state index in [-0.39, 0.29) is 0 Å². The van der Waals surface area contributed by atoms with Crippen LogP contribution >= 0.6 is 0 Å². The van der Waals surface area contributed by atoms with E-state index in [1.807, 2.05) is 24.3 Å². The van der Waals surface area contributed by atoms with Gasteiger partial charge in [0.2, 0.25) is 0 Å². The summed E-state index contributed by atoms with van der Waals surface area (Å²) in [7, 11) is 0. The zero-order valence-corrected chi connectivity index (χ0v) is 27.7. The molecule has 3 N–H and O–H groups in total. The number of nitrogens with zero attached hydrogens (tertiary/aromatic N) is 3. The van der Waals surface area contributed by atoms with Crippen LogP contribution in [0.15, 0.2) is 134 Å². The van der Waals surface area contributed by atoms with Crippen molar-refractivity contribution in [3.63, 3.8) is 0 Å². The highest BCUT2D eigenvalue weighted by Gasteiger charge is 2.15. The van der Waals surface area contributed by atoms with Gasteiger partial charge in [0.25, 0.3) is 0 Å². The summed E-state index contributed by atoms with van der Waals surface area (Å²) in [6, 6.07) is 39.4. The third-order valence-corrected chi connectivity index (χ3v) is 8.38. The molecule has 0 fully saturated rings. The third kappa shape index (κ3) is 7.21. The lowest BCUT2D eigenvalue weighted by Gasteiger charge is -2.13. The summed E-state index contributed by atoms with van der Waals surface area (Å²) in [4.78, 5) is 15.0. The van der Waals surface area contributed by atoms with Gasteiger partial charge in [0.1, 0.15) is 0 Å². The molecule has 0 aliphatic rings. The van der Waals surface area contributed by atoms with E-state index in [2.05, 4.69) is 124 Å². The molecule has 0 saturated carbocycles. The zero-order valence-electron chi connectivity index (χ0n) is 27.7. The van der Waals surface area contributed by atoms with Gasteiger partial charge in [0, 0.05) is 22.4 Å². The molecule has 0 unspecified atom stereocenters. The predicted molar refractivity (Wildman–Crippen MR) is 201 cm³/mol. The molecule has 48 heavy (non-hydrogen) atoms. The van der Waals surface area contributed by atoms with Gasteiger partial charge in [-0.25, -0.2) is 15.0 Å². The maximum atomic E-state index is 8.18. The van der Waals surface area contributed by atoms with Crippen molar-refractivity contribution in [1.82, 2.24) is 15.0 Å². The highest BCUT2D eigenvalue weighted by atomic mass is 15.0. The van der Waals surface area contributed by atoms with Gasteiger partial charge >= 0.3 is 0 Å². The van der Waals surface area contributed by atoms with Crippen LogP contribution in [0.3, 0.4) is 0 Å². The van der Waals surface area contributed by atoms with Crippen molar-refractivity contribution in [2.24, 2.45) is 5.73 Å². The molecule has 5 nitrogen and oxygen atoms in total. The monoisotopic (exact) mass is 625 g/mol. The first-order chi connectivity index (χ1) is 23.3. The van der Waals surface area contributed by atoms with Gasteiger partial charge in [-0.15, -0.1) is 0 Å². The van der Waals surface area contributed by atoms with Crippen LogP contribution in [0.4, 0.5) is 0 Å². The van der Waals surface area contributed by atoms with Crippen LogP contribution in [0.1, 0.15) is 42.0 Å². The number of hydrogen-bond acceptors (Lipinski definition) is 5. The molecule has 0 amide bonds. The molecule has 0 aliphatic carbocycles. The fourth-order valence-electron chi connectivity index (χ4n) is 5.49. The molecule has 5 aromatic carbocycles. The van der Waals surface area contributed by atoms with E-state index in [0.717, 1.165) is 68.6 Å². The zero-order chi connectivity index (χ0) is 33.6. The van der Waals surface area contributed by atoms with E-state index >= 15 is 0 Å². The molecule has 5 heteroatoms. The largest absolute Gasteiger partial charge is 0.399 e. The molecule has 0 atom stereocenters. The quantitative estimate of drug-likeness (QED) is 0.148. The van der Waals surface area contributed by atoms with Crippen molar-refractivity contribution < 1.29 is 0 Å². The number of allylic oxidation sites excluding steroid dienone is 2. The number of rotatable bonds is 10. The minimum Gasteiger partial charge on any atom is -0.399 e. The summed E-state index contributed by atoms with van der Waals surface area (Å²) in [5, 5.41) is 8.18. The Morgan fingerprint density at radius 3 is 1.42 bits per heavy atom. The lowest BCUT2D eigenvalue weighted by molar-refractivity contribution is 0.958.